The SMILES string of the molecule is c1ccc(-c2ccc(-c3nc(-c4ccccc4)cc(-c4ccc(N5c6ccccc6Sc6ccccc65)cc4)n3)cc2)cc1. The van der Waals surface area contributed by atoms with Gasteiger partial charge in [0.25, 0.3) is 0 Å². The lowest BCUT2D eigenvalue weighted by atomic mass is 10.0. The van der Waals surface area contributed by atoms with E-state index in [0.717, 1.165) is 33.8 Å². The number of hydrogen-bond acceptors (Lipinski definition) is 4. The molecule has 0 unspecified atom stereocenters. The number of para-hydroxylation sites is 2. The van der Waals surface area contributed by atoms with Crippen LogP contribution in [0.3, 0.4) is 0 Å². The predicted octanol–water partition coefficient (Wildman–Crippen LogP) is 11.1. The first-order valence-electron chi connectivity index (χ1n) is 14.7. The van der Waals surface area contributed by atoms with E-state index >= 15 is 0 Å². The fourth-order valence-corrected chi connectivity index (χ4v) is 6.75. The maximum Gasteiger partial charge on any atom is 0.160 e. The first-order valence-corrected chi connectivity index (χ1v) is 15.5. The summed E-state index contributed by atoms with van der Waals surface area (Å²) in [5.74, 6) is 0.709. The monoisotopic (exact) mass is 581 g/mol. The van der Waals surface area contributed by atoms with Crippen molar-refractivity contribution >= 4 is 28.8 Å². The Morgan fingerprint density at radius 3 is 1.41 bits per heavy atom. The van der Waals surface area contributed by atoms with Crippen molar-refractivity contribution in [3.63, 3.8) is 0 Å². The quantitative estimate of drug-likeness (QED) is 0.202. The standard InChI is InChI=1S/C40H27N3S/c1-3-11-28(12-4-1)29-19-21-32(22-20-29)40-41-34(30-13-5-2-6-14-30)27-35(42-40)31-23-25-33(26-24-31)43-36-15-7-9-17-38(36)44-39-18-10-8-16-37(39)43/h1-27H. The lowest BCUT2D eigenvalue weighted by molar-refractivity contribution is 1.16. The number of anilines is 3. The maximum absolute atomic E-state index is 5.09. The second-order valence-electron chi connectivity index (χ2n) is 10.7. The average molecular weight is 582 g/mol. The first kappa shape index (κ1) is 26.2. The molecule has 6 aromatic carbocycles. The Hall–Kier alpha value is -5.45. The molecule has 1 aliphatic rings. The Morgan fingerprint density at radius 2 is 0.818 bits per heavy atom. The van der Waals surface area contributed by atoms with Crippen LogP contribution in [0, 0.1) is 0 Å². The van der Waals surface area contributed by atoms with Crippen LogP contribution < -0.4 is 4.90 Å². The third-order valence-corrected chi connectivity index (χ3v) is 9.03. The molecule has 0 amide bonds. The van der Waals surface area contributed by atoms with E-state index in [4.69, 9.17) is 9.97 Å². The van der Waals surface area contributed by atoms with Crippen molar-refractivity contribution in [2.75, 3.05) is 4.90 Å². The van der Waals surface area contributed by atoms with E-state index in [1.54, 1.807) is 0 Å². The minimum atomic E-state index is 0.709. The van der Waals surface area contributed by atoms with Crippen LogP contribution in [0.15, 0.2) is 174 Å². The molecule has 0 fully saturated rings. The number of rotatable bonds is 5. The molecule has 8 rings (SSSR count). The number of nitrogens with zero attached hydrogens (tertiary/aromatic N) is 3. The highest BCUT2D eigenvalue weighted by molar-refractivity contribution is 7.99. The molecule has 0 saturated carbocycles. The van der Waals surface area contributed by atoms with Crippen molar-refractivity contribution in [1.29, 1.82) is 0 Å². The maximum atomic E-state index is 5.09. The lowest BCUT2D eigenvalue weighted by Gasteiger charge is -2.32. The highest BCUT2D eigenvalue weighted by Crippen LogP contribution is 2.51. The first-order chi connectivity index (χ1) is 21.8. The fourth-order valence-electron chi connectivity index (χ4n) is 5.69. The second kappa shape index (κ2) is 11.3. The van der Waals surface area contributed by atoms with E-state index in [-0.39, 0.29) is 0 Å². The second-order valence-corrected chi connectivity index (χ2v) is 11.8. The smallest absolute Gasteiger partial charge is 0.160 e. The Labute approximate surface area is 261 Å². The average Bonchev–Trinajstić information content (AvgIpc) is 3.11. The Morgan fingerprint density at radius 1 is 0.386 bits per heavy atom. The van der Waals surface area contributed by atoms with Gasteiger partial charge in [0.1, 0.15) is 0 Å². The molecule has 4 heteroatoms. The van der Waals surface area contributed by atoms with E-state index in [1.165, 1.54) is 32.3 Å². The highest BCUT2D eigenvalue weighted by Gasteiger charge is 2.24. The van der Waals surface area contributed by atoms with E-state index in [1.807, 2.05) is 36.0 Å². The van der Waals surface area contributed by atoms with E-state index in [9.17, 15) is 0 Å². The summed E-state index contributed by atoms with van der Waals surface area (Å²) < 4.78 is 0. The van der Waals surface area contributed by atoms with Gasteiger partial charge in [0.05, 0.1) is 22.8 Å². The van der Waals surface area contributed by atoms with Crippen LogP contribution in [0.1, 0.15) is 0 Å². The van der Waals surface area contributed by atoms with Gasteiger partial charge < -0.3 is 4.90 Å². The van der Waals surface area contributed by atoms with Gasteiger partial charge in [0, 0.05) is 32.2 Å². The molecule has 0 radical (unpaired) electrons. The molecule has 2 heterocycles. The van der Waals surface area contributed by atoms with Gasteiger partial charge in [-0.15, -0.1) is 0 Å². The molecule has 0 N–H and O–H groups in total. The van der Waals surface area contributed by atoms with Gasteiger partial charge in [-0.2, -0.15) is 0 Å². The van der Waals surface area contributed by atoms with Crippen LogP contribution in [0.5, 0.6) is 0 Å². The van der Waals surface area contributed by atoms with Crippen molar-refractivity contribution in [3.05, 3.63) is 164 Å². The zero-order valence-corrected chi connectivity index (χ0v) is 24.7. The van der Waals surface area contributed by atoms with Crippen molar-refractivity contribution in [2.45, 2.75) is 9.79 Å². The number of fused-ring (bicyclic) bond motifs is 2. The van der Waals surface area contributed by atoms with Crippen LogP contribution in [-0.4, -0.2) is 9.97 Å². The number of aromatic nitrogens is 2. The molecule has 208 valence electrons. The fraction of sp³-hybridized carbons (Fsp3) is 0. The zero-order chi connectivity index (χ0) is 29.3. The van der Waals surface area contributed by atoms with Gasteiger partial charge >= 0.3 is 0 Å². The number of hydrogen-bond donors (Lipinski definition) is 0. The summed E-state index contributed by atoms with van der Waals surface area (Å²) in [6.07, 6.45) is 0. The summed E-state index contributed by atoms with van der Waals surface area (Å²) in [5.41, 5.74) is 10.7. The highest BCUT2D eigenvalue weighted by atomic mass is 32.2. The normalized spacial score (nSPS) is 12.0. The van der Waals surface area contributed by atoms with Gasteiger partial charge in [0.2, 0.25) is 0 Å². The van der Waals surface area contributed by atoms with Gasteiger partial charge in [0.15, 0.2) is 5.82 Å². The molecule has 1 aromatic heterocycles. The van der Waals surface area contributed by atoms with Crippen LogP contribution in [0.2, 0.25) is 0 Å². The van der Waals surface area contributed by atoms with Crippen LogP contribution in [0.25, 0.3) is 45.0 Å². The van der Waals surface area contributed by atoms with Crippen LogP contribution in [0.4, 0.5) is 17.1 Å². The molecule has 3 nitrogen and oxygen atoms in total. The summed E-state index contributed by atoms with van der Waals surface area (Å²) in [5, 5.41) is 0. The largest absolute Gasteiger partial charge is 0.308 e. The third-order valence-electron chi connectivity index (χ3n) is 7.90. The molecule has 0 aliphatic carbocycles. The Balaban J connectivity index is 1.19. The van der Waals surface area contributed by atoms with Gasteiger partial charge in [-0.1, -0.05) is 133 Å². The molecule has 0 bridgehead atoms. The van der Waals surface area contributed by atoms with Crippen LogP contribution in [-0.2, 0) is 0 Å². The third kappa shape index (κ3) is 4.96. The van der Waals surface area contributed by atoms with Crippen molar-refractivity contribution in [1.82, 2.24) is 9.97 Å². The van der Waals surface area contributed by atoms with Gasteiger partial charge in [-0.3, -0.25) is 0 Å². The van der Waals surface area contributed by atoms with E-state index in [0.29, 0.717) is 5.82 Å². The van der Waals surface area contributed by atoms with Crippen molar-refractivity contribution in [2.24, 2.45) is 0 Å². The molecular formula is C40H27N3S. The molecule has 44 heavy (non-hydrogen) atoms. The topological polar surface area (TPSA) is 29.0 Å². The molecule has 1 aliphatic heterocycles. The minimum Gasteiger partial charge on any atom is -0.308 e. The van der Waals surface area contributed by atoms with Crippen LogP contribution >= 0.6 is 11.8 Å². The molecule has 7 aromatic rings. The summed E-state index contributed by atoms with van der Waals surface area (Å²) >= 11 is 1.82. The molecule has 0 spiro atoms. The van der Waals surface area contributed by atoms with Crippen molar-refractivity contribution < 1.29 is 0 Å². The van der Waals surface area contributed by atoms with E-state index in [2.05, 4.69) is 144 Å². The summed E-state index contributed by atoms with van der Waals surface area (Å²) in [6, 6.07) is 57.3. The van der Waals surface area contributed by atoms with Crippen molar-refractivity contribution in [3.8, 4) is 45.0 Å². The molecule has 0 saturated heterocycles. The summed E-state index contributed by atoms with van der Waals surface area (Å²) in [6.45, 7) is 0. The Kier molecular flexibility index (Phi) is 6.74. The Bertz CT molecular complexity index is 2030. The van der Waals surface area contributed by atoms with Gasteiger partial charge in [-0.25, -0.2) is 9.97 Å². The molecule has 0 atom stereocenters. The zero-order valence-electron chi connectivity index (χ0n) is 23.8. The lowest BCUT2D eigenvalue weighted by Crippen LogP contribution is -2.14. The minimum absolute atomic E-state index is 0.709. The summed E-state index contributed by atoms with van der Waals surface area (Å²) in [7, 11) is 0. The number of benzene rings is 6. The van der Waals surface area contributed by atoms with E-state index < -0.39 is 0 Å². The molecular weight excluding hydrogens is 555 g/mol. The summed E-state index contributed by atoms with van der Waals surface area (Å²) in [4.78, 5) is 15.0. The predicted molar refractivity (Wildman–Crippen MR) is 183 cm³/mol. The van der Waals surface area contributed by atoms with Gasteiger partial charge in [-0.05, 0) is 53.6 Å².